The van der Waals surface area contributed by atoms with Crippen molar-refractivity contribution < 1.29 is 4.79 Å². The van der Waals surface area contributed by atoms with Gasteiger partial charge in [-0.25, -0.2) is 0 Å². The molecule has 1 unspecified atom stereocenters. The molecule has 0 N–H and O–H groups in total. The van der Waals surface area contributed by atoms with Crippen LogP contribution in [0.5, 0.6) is 0 Å². The van der Waals surface area contributed by atoms with Gasteiger partial charge in [0.25, 0.3) is 0 Å². The van der Waals surface area contributed by atoms with E-state index in [1.165, 1.54) is 24.8 Å². The molecule has 1 atom stereocenters. The summed E-state index contributed by atoms with van der Waals surface area (Å²) in [5.41, 5.74) is 2.26. The van der Waals surface area contributed by atoms with Crippen molar-refractivity contribution >= 4 is 5.78 Å². The molecule has 2 aliphatic rings. The zero-order chi connectivity index (χ0) is 11.0. The van der Waals surface area contributed by atoms with Gasteiger partial charge in [-0.05, 0) is 30.7 Å². The van der Waals surface area contributed by atoms with Crippen molar-refractivity contribution in [2.75, 3.05) is 0 Å². The average molecular weight is 214 g/mol. The van der Waals surface area contributed by atoms with E-state index in [1.54, 1.807) is 0 Å². The predicted octanol–water partition coefficient (Wildman–Crippen LogP) is 3.62. The van der Waals surface area contributed by atoms with Crippen LogP contribution in [0.25, 0.3) is 0 Å². The molecule has 0 heterocycles. The number of aryl methyl sites for hydroxylation is 1. The van der Waals surface area contributed by atoms with Crippen LogP contribution in [0.3, 0.4) is 0 Å². The molecule has 1 aromatic rings. The topological polar surface area (TPSA) is 17.1 Å². The molecular formula is C15H18O. The highest BCUT2D eigenvalue weighted by Gasteiger charge is 2.30. The van der Waals surface area contributed by atoms with Crippen molar-refractivity contribution in [3.8, 4) is 0 Å². The van der Waals surface area contributed by atoms with Crippen LogP contribution in [-0.2, 0) is 6.42 Å². The summed E-state index contributed by atoms with van der Waals surface area (Å²) in [6.07, 6.45) is 7.40. The van der Waals surface area contributed by atoms with E-state index in [9.17, 15) is 4.79 Å². The first-order chi connectivity index (χ1) is 7.84. The maximum absolute atomic E-state index is 12.3. The van der Waals surface area contributed by atoms with Crippen molar-refractivity contribution in [2.45, 2.75) is 38.5 Å². The second-order valence-electron chi connectivity index (χ2n) is 5.29. The smallest absolute Gasteiger partial charge is 0.166 e. The second-order valence-corrected chi connectivity index (χ2v) is 5.29. The van der Waals surface area contributed by atoms with Crippen LogP contribution < -0.4 is 0 Å². The SMILES string of the molecule is O=C1c2ccccc2CCC1CC1CCC1. The first-order valence-electron chi connectivity index (χ1n) is 6.46. The van der Waals surface area contributed by atoms with Gasteiger partial charge in [-0.3, -0.25) is 4.79 Å². The maximum Gasteiger partial charge on any atom is 0.166 e. The first kappa shape index (κ1) is 10.1. The minimum atomic E-state index is 0.320. The van der Waals surface area contributed by atoms with Gasteiger partial charge in [0.2, 0.25) is 0 Å². The highest BCUT2D eigenvalue weighted by Crippen LogP contribution is 2.36. The fraction of sp³-hybridized carbons (Fsp3) is 0.533. The van der Waals surface area contributed by atoms with Gasteiger partial charge in [0.1, 0.15) is 0 Å². The largest absolute Gasteiger partial charge is 0.294 e. The van der Waals surface area contributed by atoms with Gasteiger partial charge in [0.15, 0.2) is 5.78 Å². The van der Waals surface area contributed by atoms with E-state index in [-0.39, 0.29) is 0 Å². The molecule has 16 heavy (non-hydrogen) atoms. The number of ketones is 1. The molecule has 0 amide bonds. The summed E-state index contributed by atoms with van der Waals surface area (Å²) in [7, 11) is 0. The number of carbonyl (C=O) groups excluding carboxylic acids is 1. The Labute approximate surface area is 96.9 Å². The third-order valence-electron chi connectivity index (χ3n) is 4.26. The molecule has 0 aromatic heterocycles. The lowest BCUT2D eigenvalue weighted by atomic mass is 9.73. The molecule has 1 nitrogen and oxygen atoms in total. The lowest BCUT2D eigenvalue weighted by Crippen LogP contribution is -2.26. The quantitative estimate of drug-likeness (QED) is 0.734. The Hall–Kier alpha value is -1.11. The van der Waals surface area contributed by atoms with Crippen molar-refractivity contribution in [3.05, 3.63) is 35.4 Å². The van der Waals surface area contributed by atoms with Crippen molar-refractivity contribution in [1.82, 2.24) is 0 Å². The monoisotopic (exact) mass is 214 g/mol. The van der Waals surface area contributed by atoms with Gasteiger partial charge in [-0.2, -0.15) is 0 Å². The van der Waals surface area contributed by atoms with Crippen molar-refractivity contribution in [1.29, 1.82) is 0 Å². The molecular weight excluding hydrogens is 196 g/mol. The molecule has 3 rings (SSSR count). The molecule has 0 spiro atoms. The Morgan fingerprint density at radius 2 is 1.94 bits per heavy atom. The van der Waals surface area contributed by atoms with Crippen molar-refractivity contribution in [3.63, 3.8) is 0 Å². The van der Waals surface area contributed by atoms with Crippen LogP contribution >= 0.6 is 0 Å². The van der Waals surface area contributed by atoms with Crippen LogP contribution in [-0.4, -0.2) is 5.78 Å². The lowest BCUT2D eigenvalue weighted by Gasteiger charge is -2.31. The number of hydrogen-bond acceptors (Lipinski definition) is 1. The lowest BCUT2D eigenvalue weighted by molar-refractivity contribution is 0.0861. The molecule has 1 heteroatoms. The molecule has 0 radical (unpaired) electrons. The third kappa shape index (κ3) is 1.68. The highest BCUT2D eigenvalue weighted by atomic mass is 16.1. The minimum absolute atomic E-state index is 0.320. The zero-order valence-electron chi connectivity index (χ0n) is 9.61. The van der Waals surface area contributed by atoms with Gasteiger partial charge in [-0.1, -0.05) is 43.5 Å². The van der Waals surface area contributed by atoms with Gasteiger partial charge in [0, 0.05) is 11.5 Å². The number of rotatable bonds is 2. The Morgan fingerprint density at radius 1 is 1.12 bits per heavy atom. The Bertz CT molecular complexity index is 404. The Kier molecular flexibility index (Phi) is 2.55. The number of benzene rings is 1. The highest BCUT2D eigenvalue weighted by molar-refractivity contribution is 6.00. The summed E-state index contributed by atoms with van der Waals surface area (Å²) in [6, 6.07) is 8.14. The first-order valence-corrected chi connectivity index (χ1v) is 6.46. The summed E-state index contributed by atoms with van der Waals surface area (Å²) in [5.74, 6) is 1.58. The number of fused-ring (bicyclic) bond motifs is 1. The van der Waals surface area contributed by atoms with E-state index < -0.39 is 0 Å². The van der Waals surface area contributed by atoms with Gasteiger partial charge >= 0.3 is 0 Å². The normalized spacial score (nSPS) is 25.0. The van der Waals surface area contributed by atoms with Crippen LogP contribution in [0.4, 0.5) is 0 Å². The third-order valence-corrected chi connectivity index (χ3v) is 4.26. The summed E-state index contributed by atoms with van der Waals surface area (Å²) in [6.45, 7) is 0. The summed E-state index contributed by atoms with van der Waals surface area (Å²) >= 11 is 0. The van der Waals surface area contributed by atoms with Gasteiger partial charge < -0.3 is 0 Å². The summed E-state index contributed by atoms with van der Waals surface area (Å²) < 4.78 is 0. The maximum atomic E-state index is 12.3. The molecule has 0 bridgehead atoms. The standard InChI is InChI=1S/C15H18O/c16-15-13(10-11-4-3-5-11)9-8-12-6-1-2-7-14(12)15/h1-2,6-7,11,13H,3-5,8-10H2. The fourth-order valence-electron chi connectivity index (χ4n) is 3.02. The van der Waals surface area contributed by atoms with Gasteiger partial charge in [-0.15, -0.1) is 0 Å². The average Bonchev–Trinajstić information content (AvgIpc) is 2.26. The minimum Gasteiger partial charge on any atom is -0.294 e. The molecule has 2 aliphatic carbocycles. The van der Waals surface area contributed by atoms with Gasteiger partial charge in [0.05, 0.1) is 0 Å². The predicted molar refractivity (Wildman–Crippen MR) is 64.5 cm³/mol. The van der Waals surface area contributed by atoms with E-state index in [4.69, 9.17) is 0 Å². The molecule has 1 fully saturated rings. The molecule has 1 saturated carbocycles. The fourth-order valence-corrected chi connectivity index (χ4v) is 3.02. The van der Waals surface area contributed by atoms with E-state index in [0.717, 1.165) is 30.7 Å². The van der Waals surface area contributed by atoms with Crippen LogP contribution in [0.1, 0.15) is 48.0 Å². The van der Waals surface area contributed by atoms with E-state index >= 15 is 0 Å². The molecule has 1 aromatic carbocycles. The van der Waals surface area contributed by atoms with E-state index in [0.29, 0.717) is 11.7 Å². The van der Waals surface area contributed by atoms with E-state index in [2.05, 4.69) is 6.07 Å². The number of Topliss-reactive ketones (excluding diaryl/α,β-unsaturated/α-hetero) is 1. The Balaban J connectivity index is 1.78. The zero-order valence-corrected chi connectivity index (χ0v) is 9.61. The number of carbonyl (C=O) groups is 1. The van der Waals surface area contributed by atoms with E-state index in [1.807, 2.05) is 18.2 Å². The molecule has 84 valence electrons. The van der Waals surface area contributed by atoms with Crippen LogP contribution in [0.15, 0.2) is 24.3 Å². The summed E-state index contributed by atoms with van der Waals surface area (Å²) in [4.78, 5) is 12.3. The number of hydrogen-bond donors (Lipinski definition) is 0. The summed E-state index contributed by atoms with van der Waals surface area (Å²) in [5, 5.41) is 0. The van der Waals surface area contributed by atoms with Crippen LogP contribution in [0, 0.1) is 11.8 Å². The van der Waals surface area contributed by atoms with Crippen LogP contribution in [0.2, 0.25) is 0 Å². The molecule has 0 saturated heterocycles. The second kappa shape index (κ2) is 4.04. The van der Waals surface area contributed by atoms with Crippen molar-refractivity contribution in [2.24, 2.45) is 11.8 Å². The molecule has 0 aliphatic heterocycles. The Morgan fingerprint density at radius 3 is 2.69 bits per heavy atom.